The third kappa shape index (κ3) is 3.77. The molecule has 1 aromatic carbocycles. The van der Waals surface area contributed by atoms with Crippen LogP contribution in [0.2, 0.25) is 0 Å². The Bertz CT molecular complexity index is 1010. The number of hydrogen-bond donors (Lipinski definition) is 0. The summed E-state index contributed by atoms with van der Waals surface area (Å²) in [5.74, 6) is 0.205. The van der Waals surface area contributed by atoms with Gasteiger partial charge in [0.25, 0.3) is 11.5 Å². The Morgan fingerprint density at radius 3 is 2.19 bits per heavy atom. The molecule has 0 saturated carbocycles. The lowest BCUT2D eigenvalue weighted by Gasteiger charge is -2.26. The second kappa shape index (κ2) is 7.91. The highest BCUT2D eigenvalue weighted by molar-refractivity contribution is 5.93. The molecule has 0 aliphatic rings. The van der Waals surface area contributed by atoms with E-state index in [9.17, 15) is 19.6 Å². The number of carbonyl (C=O) groups is 1. The summed E-state index contributed by atoms with van der Waals surface area (Å²) < 4.78 is 2.24. The fraction of sp³-hybridized carbons (Fsp3) is 0.368. The van der Waals surface area contributed by atoms with Gasteiger partial charge < -0.3 is 9.80 Å². The maximum atomic E-state index is 12.3. The molecule has 1 amide bonds. The fourth-order valence-electron chi connectivity index (χ4n) is 2.87. The van der Waals surface area contributed by atoms with Crippen LogP contribution in [-0.2, 0) is 20.6 Å². The first-order valence-electron chi connectivity index (χ1n) is 8.48. The van der Waals surface area contributed by atoms with Gasteiger partial charge >= 0.3 is 5.69 Å². The first-order valence-corrected chi connectivity index (χ1v) is 8.48. The molecule has 0 spiro atoms. The molecule has 8 nitrogen and oxygen atoms in total. The molecule has 0 bridgehead atoms. The van der Waals surface area contributed by atoms with Crippen molar-refractivity contribution in [2.45, 2.75) is 13.5 Å². The van der Waals surface area contributed by atoms with Crippen molar-refractivity contribution in [2.24, 2.45) is 14.1 Å². The van der Waals surface area contributed by atoms with Crippen molar-refractivity contribution in [2.75, 3.05) is 25.5 Å². The molecule has 0 atom stereocenters. The molecule has 0 N–H and O–H groups in total. The van der Waals surface area contributed by atoms with Gasteiger partial charge in [0.15, 0.2) is 5.56 Å². The Kier molecular flexibility index (Phi) is 5.85. The van der Waals surface area contributed by atoms with Gasteiger partial charge in [-0.3, -0.25) is 18.7 Å². The second-order valence-electron chi connectivity index (χ2n) is 6.43. The van der Waals surface area contributed by atoms with Crippen LogP contribution in [0.4, 0.5) is 5.82 Å². The van der Waals surface area contributed by atoms with Gasteiger partial charge in [-0.05, 0) is 24.6 Å². The van der Waals surface area contributed by atoms with Crippen molar-refractivity contribution in [1.82, 2.24) is 14.0 Å². The van der Waals surface area contributed by atoms with Crippen molar-refractivity contribution >= 4 is 11.7 Å². The SMILES string of the molecule is CCN(Cc1ccc(C(=O)N(C)C)cc1)c1c(C#N)c(=O)n(C)c(=O)n1C. The molecule has 8 heteroatoms. The lowest BCUT2D eigenvalue weighted by atomic mass is 10.1. The fourth-order valence-corrected chi connectivity index (χ4v) is 2.87. The summed E-state index contributed by atoms with van der Waals surface area (Å²) >= 11 is 0. The van der Waals surface area contributed by atoms with E-state index in [-0.39, 0.29) is 11.5 Å². The van der Waals surface area contributed by atoms with Gasteiger partial charge in [0.05, 0.1) is 0 Å². The van der Waals surface area contributed by atoms with Crippen LogP contribution in [0, 0.1) is 11.3 Å². The molecular weight excluding hydrogens is 346 g/mol. The summed E-state index contributed by atoms with van der Waals surface area (Å²) in [6.45, 7) is 2.77. The van der Waals surface area contributed by atoms with Crippen LogP contribution in [0.1, 0.15) is 28.4 Å². The van der Waals surface area contributed by atoms with E-state index in [4.69, 9.17) is 0 Å². The second-order valence-corrected chi connectivity index (χ2v) is 6.43. The van der Waals surface area contributed by atoms with E-state index in [1.54, 1.807) is 38.2 Å². The molecular formula is C19H23N5O3. The van der Waals surface area contributed by atoms with Crippen molar-refractivity contribution in [1.29, 1.82) is 5.26 Å². The van der Waals surface area contributed by atoms with Crippen LogP contribution in [-0.4, -0.2) is 40.6 Å². The van der Waals surface area contributed by atoms with Crippen LogP contribution in [0.25, 0.3) is 0 Å². The largest absolute Gasteiger partial charge is 0.353 e. The van der Waals surface area contributed by atoms with Gasteiger partial charge in [-0.2, -0.15) is 5.26 Å². The minimum Gasteiger partial charge on any atom is -0.353 e. The Morgan fingerprint density at radius 1 is 1.11 bits per heavy atom. The summed E-state index contributed by atoms with van der Waals surface area (Å²) in [7, 11) is 6.27. The highest BCUT2D eigenvalue weighted by Crippen LogP contribution is 2.18. The predicted molar refractivity (Wildman–Crippen MR) is 103 cm³/mol. The molecule has 2 aromatic rings. The van der Waals surface area contributed by atoms with E-state index in [0.29, 0.717) is 24.5 Å². The Labute approximate surface area is 157 Å². The highest BCUT2D eigenvalue weighted by atomic mass is 16.2. The standard InChI is InChI=1S/C19H23N5O3/c1-6-24(12-13-7-9-14(10-8-13)17(25)21(2)3)16-15(11-20)18(26)23(5)19(27)22(16)4/h7-10H,6,12H2,1-5H3. The average molecular weight is 369 g/mol. The zero-order valence-electron chi connectivity index (χ0n) is 16.2. The molecule has 0 saturated heterocycles. The quantitative estimate of drug-likeness (QED) is 0.773. The van der Waals surface area contributed by atoms with Crippen molar-refractivity contribution in [3.63, 3.8) is 0 Å². The minimum absolute atomic E-state index is 0.0687. The van der Waals surface area contributed by atoms with Crippen LogP contribution >= 0.6 is 0 Å². The number of amides is 1. The number of anilines is 1. The molecule has 0 aliphatic heterocycles. The van der Waals surface area contributed by atoms with E-state index in [2.05, 4.69) is 0 Å². The van der Waals surface area contributed by atoms with Crippen molar-refractivity contribution in [3.8, 4) is 6.07 Å². The van der Waals surface area contributed by atoms with E-state index >= 15 is 0 Å². The minimum atomic E-state index is -0.610. The third-order valence-electron chi connectivity index (χ3n) is 4.41. The molecule has 2 rings (SSSR count). The van der Waals surface area contributed by atoms with Gasteiger partial charge in [0, 0.05) is 46.8 Å². The van der Waals surface area contributed by atoms with Gasteiger partial charge in [0.1, 0.15) is 11.9 Å². The van der Waals surface area contributed by atoms with Crippen LogP contribution < -0.4 is 16.1 Å². The van der Waals surface area contributed by atoms with Crippen LogP contribution in [0.3, 0.4) is 0 Å². The smallest absolute Gasteiger partial charge is 0.332 e. The first-order chi connectivity index (χ1) is 12.7. The molecule has 0 fully saturated rings. The lowest BCUT2D eigenvalue weighted by molar-refractivity contribution is 0.0827. The zero-order chi connectivity index (χ0) is 20.3. The number of hydrogen-bond acceptors (Lipinski definition) is 5. The topological polar surface area (TPSA) is 91.3 Å². The molecule has 0 radical (unpaired) electrons. The molecule has 1 aromatic heterocycles. The summed E-state index contributed by atoms with van der Waals surface area (Å²) in [6.07, 6.45) is 0. The monoisotopic (exact) mass is 369 g/mol. The summed E-state index contributed by atoms with van der Waals surface area (Å²) in [4.78, 5) is 39.9. The number of rotatable bonds is 5. The summed E-state index contributed by atoms with van der Waals surface area (Å²) in [5.41, 5.74) is 0.302. The lowest BCUT2D eigenvalue weighted by Crippen LogP contribution is -2.42. The summed E-state index contributed by atoms with van der Waals surface area (Å²) in [6, 6.07) is 9.04. The highest BCUT2D eigenvalue weighted by Gasteiger charge is 2.20. The number of carbonyl (C=O) groups excluding carboxylic acids is 1. The maximum absolute atomic E-state index is 12.3. The van der Waals surface area contributed by atoms with Gasteiger partial charge in [0.2, 0.25) is 0 Å². The Morgan fingerprint density at radius 2 is 1.70 bits per heavy atom. The molecule has 27 heavy (non-hydrogen) atoms. The predicted octanol–water partition coefficient (Wildman–Crippen LogP) is 0.684. The van der Waals surface area contributed by atoms with Crippen molar-refractivity contribution < 1.29 is 4.79 Å². The molecule has 0 unspecified atom stereocenters. The Balaban J connectivity index is 2.45. The number of nitrogens with zero attached hydrogens (tertiary/aromatic N) is 5. The molecule has 0 aliphatic carbocycles. The number of nitriles is 1. The normalized spacial score (nSPS) is 10.4. The van der Waals surface area contributed by atoms with Crippen LogP contribution in [0.15, 0.2) is 33.9 Å². The van der Waals surface area contributed by atoms with Crippen molar-refractivity contribution in [3.05, 3.63) is 61.8 Å². The van der Waals surface area contributed by atoms with E-state index in [1.165, 1.54) is 16.5 Å². The molecule has 1 heterocycles. The maximum Gasteiger partial charge on any atom is 0.332 e. The molecule has 142 valence electrons. The van der Waals surface area contributed by atoms with Gasteiger partial charge in [-0.15, -0.1) is 0 Å². The zero-order valence-corrected chi connectivity index (χ0v) is 16.2. The van der Waals surface area contributed by atoms with E-state index in [1.807, 2.05) is 25.1 Å². The number of aromatic nitrogens is 2. The van der Waals surface area contributed by atoms with Gasteiger partial charge in [-0.1, -0.05) is 12.1 Å². The Hall–Kier alpha value is -3.34. The van der Waals surface area contributed by atoms with Crippen LogP contribution in [0.5, 0.6) is 0 Å². The van der Waals surface area contributed by atoms with Gasteiger partial charge in [-0.25, -0.2) is 4.79 Å². The first kappa shape index (κ1) is 20.0. The van der Waals surface area contributed by atoms with E-state index < -0.39 is 11.2 Å². The average Bonchev–Trinajstić information content (AvgIpc) is 2.67. The number of benzene rings is 1. The third-order valence-corrected chi connectivity index (χ3v) is 4.41. The summed E-state index contributed by atoms with van der Waals surface area (Å²) in [5, 5.41) is 9.45. The van der Waals surface area contributed by atoms with E-state index in [0.717, 1.165) is 10.1 Å².